The fraction of sp³-hybridized carbons (Fsp3) is 0.600. The number of carbonyl (C=O) groups excluding carboxylic acids is 1. The van der Waals surface area contributed by atoms with Crippen molar-refractivity contribution in [2.24, 2.45) is 7.05 Å². The van der Waals surface area contributed by atoms with Gasteiger partial charge in [-0.05, 0) is 25.7 Å². The van der Waals surface area contributed by atoms with Gasteiger partial charge < -0.3 is 0 Å². The predicted octanol–water partition coefficient (Wildman–Crippen LogP) is 1.50. The molecular weight excluding hydrogens is 164 g/mol. The summed E-state index contributed by atoms with van der Waals surface area (Å²) in [7, 11) is 1.93. The normalized spacial score (nSPS) is 15.5. The van der Waals surface area contributed by atoms with Gasteiger partial charge in [0.1, 0.15) is 5.69 Å². The zero-order chi connectivity index (χ0) is 9.42. The van der Waals surface area contributed by atoms with Gasteiger partial charge in [0.2, 0.25) is 0 Å². The molecule has 13 heavy (non-hydrogen) atoms. The lowest BCUT2D eigenvalue weighted by atomic mass is 9.95. The molecule has 2 rings (SSSR count). The molecule has 1 aromatic rings. The molecule has 0 radical (unpaired) electrons. The van der Waals surface area contributed by atoms with Crippen molar-refractivity contribution in [1.82, 2.24) is 9.78 Å². The number of rotatable bonds is 1. The second kappa shape index (κ2) is 2.98. The number of Topliss-reactive ketones (excluding diaryl/α,β-unsaturated/α-hetero) is 1. The van der Waals surface area contributed by atoms with Crippen molar-refractivity contribution in [2.75, 3.05) is 0 Å². The Labute approximate surface area is 77.7 Å². The van der Waals surface area contributed by atoms with Gasteiger partial charge >= 0.3 is 0 Å². The number of carbonyl (C=O) groups is 1. The van der Waals surface area contributed by atoms with Crippen molar-refractivity contribution in [1.29, 1.82) is 0 Å². The number of fused-ring (bicyclic) bond motifs is 1. The molecule has 0 saturated carbocycles. The van der Waals surface area contributed by atoms with E-state index in [9.17, 15) is 4.79 Å². The van der Waals surface area contributed by atoms with Crippen LogP contribution in [0.25, 0.3) is 0 Å². The molecule has 3 nitrogen and oxygen atoms in total. The Kier molecular flexibility index (Phi) is 1.94. The topological polar surface area (TPSA) is 34.9 Å². The maximum absolute atomic E-state index is 11.3. The zero-order valence-electron chi connectivity index (χ0n) is 8.13. The van der Waals surface area contributed by atoms with Gasteiger partial charge in [0.25, 0.3) is 0 Å². The summed E-state index contributed by atoms with van der Waals surface area (Å²) in [6.07, 6.45) is 4.52. The predicted molar refractivity (Wildman–Crippen MR) is 49.9 cm³/mol. The van der Waals surface area contributed by atoms with E-state index in [1.165, 1.54) is 24.1 Å². The third-order valence-corrected chi connectivity index (χ3v) is 2.70. The van der Waals surface area contributed by atoms with Gasteiger partial charge in [0.05, 0.1) is 0 Å². The van der Waals surface area contributed by atoms with Crippen LogP contribution in [0.5, 0.6) is 0 Å². The molecule has 1 heterocycles. The molecule has 1 aliphatic carbocycles. The molecule has 0 bridgehead atoms. The Morgan fingerprint density at radius 1 is 1.38 bits per heavy atom. The minimum atomic E-state index is 0.0961. The molecule has 0 fully saturated rings. The first-order valence-corrected chi connectivity index (χ1v) is 4.76. The van der Waals surface area contributed by atoms with Crippen LogP contribution in [0.4, 0.5) is 0 Å². The molecule has 0 saturated heterocycles. The second-order valence-electron chi connectivity index (χ2n) is 3.66. The Balaban J connectivity index is 2.53. The van der Waals surface area contributed by atoms with E-state index >= 15 is 0 Å². The first-order chi connectivity index (χ1) is 6.20. The smallest absolute Gasteiger partial charge is 0.180 e. The highest BCUT2D eigenvalue weighted by Gasteiger charge is 2.20. The van der Waals surface area contributed by atoms with Gasteiger partial charge in [-0.1, -0.05) is 0 Å². The van der Waals surface area contributed by atoms with Crippen LogP contribution in [0.15, 0.2) is 0 Å². The lowest BCUT2D eigenvalue weighted by Gasteiger charge is -2.11. The average molecular weight is 178 g/mol. The van der Waals surface area contributed by atoms with Crippen LogP contribution in [-0.2, 0) is 19.9 Å². The number of aromatic nitrogens is 2. The van der Waals surface area contributed by atoms with Crippen molar-refractivity contribution >= 4 is 5.78 Å². The summed E-state index contributed by atoms with van der Waals surface area (Å²) >= 11 is 0. The van der Waals surface area contributed by atoms with E-state index in [0.29, 0.717) is 5.69 Å². The Bertz CT molecular complexity index is 352. The monoisotopic (exact) mass is 178 g/mol. The van der Waals surface area contributed by atoms with Crippen LogP contribution in [0.2, 0.25) is 0 Å². The minimum Gasteiger partial charge on any atom is -0.293 e. The van der Waals surface area contributed by atoms with Crippen molar-refractivity contribution < 1.29 is 4.79 Å². The van der Waals surface area contributed by atoms with Crippen molar-refractivity contribution in [2.45, 2.75) is 32.6 Å². The van der Waals surface area contributed by atoms with E-state index in [4.69, 9.17) is 0 Å². The summed E-state index contributed by atoms with van der Waals surface area (Å²) in [4.78, 5) is 11.3. The first-order valence-electron chi connectivity index (χ1n) is 4.76. The molecule has 0 spiro atoms. The molecule has 0 aromatic carbocycles. The maximum Gasteiger partial charge on any atom is 0.180 e. The fourth-order valence-electron chi connectivity index (χ4n) is 2.06. The lowest BCUT2D eigenvalue weighted by Crippen LogP contribution is -2.06. The van der Waals surface area contributed by atoms with Crippen molar-refractivity contribution in [3.8, 4) is 0 Å². The van der Waals surface area contributed by atoms with Crippen LogP contribution in [0.3, 0.4) is 0 Å². The van der Waals surface area contributed by atoms with Gasteiger partial charge in [0.15, 0.2) is 5.78 Å². The van der Waals surface area contributed by atoms with Crippen LogP contribution in [-0.4, -0.2) is 15.6 Å². The zero-order valence-corrected chi connectivity index (χ0v) is 8.13. The third-order valence-electron chi connectivity index (χ3n) is 2.70. The van der Waals surface area contributed by atoms with E-state index in [1.54, 1.807) is 6.92 Å². The largest absolute Gasteiger partial charge is 0.293 e. The highest BCUT2D eigenvalue weighted by Crippen LogP contribution is 2.23. The molecule has 0 amide bonds. The molecule has 1 aromatic heterocycles. The average Bonchev–Trinajstić information content (AvgIpc) is 2.45. The van der Waals surface area contributed by atoms with Crippen LogP contribution < -0.4 is 0 Å². The standard InChI is InChI=1S/C10H14N2O/c1-7(13)10-8-5-3-4-6-9(8)12(2)11-10/h3-6H2,1-2H3. The van der Waals surface area contributed by atoms with E-state index in [2.05, 4.69) is 5.10 Å². The van der Waals surface area contributed by atoms with Crippen molar-refractivity contribution in [3.63, 3.8) is 0 Å². The molecule has 0 atom stereocenters. The van der Waals surface area contributed by atoms with Gasteiger partial charge in [0, 0.05) is 25.2 Å². The summed E-state index contributed by atoms with van der Waals surface area (Å²) < 4.78 is 1.87. The van der Waals surface area contributed by atoms with Crippen LogP contribution in [0, 0.1) is 0 Å². The molecular formula is C10H14N2O. The number of hydrogen-bond acceptors (Lipinski definition) is 2. The summed E-state index contributed by atoms with van der Waals surface area (Å²) in [5.74, 6) is 0.0961. The van der Waals surface area contributed by atoms with Crippen LogP contribution in [0.1, 0.15) is 41.5 Å². The number of hydrogen-bond donors (Lipinski definition) is 0. The van der Waals surface area contributed by atoms with E-state index in [1.807, 2.05) is 11.7 Å². The molecule has 70 valence electrons. The third kappa shape index (κ3) is 1.28. The summed E-state index contributed by atoms with van der Waals surface area (Å²) in [6, 6.07) is 0. The second-order valence-corrected chi connectivity index (χ2v) is 3.66. The quantitative estimate of drug-likeness (QED) is 0.611. The van der Waals surface area contributed by atoms with Gasteiger partial charge in [-0.25, -0.2) is 0 Å². The molecule has 0 aliphatic heterocycles. The number of aryl methyl sites for hydroxylation is 1. The molecule has 3 heteroatoms. The molecule has 0 N–H and O–H groups in total. The minimum absolute atomic E-state index is 0.0961. The Morgan fingerprint density at radius 3 is 2.77 bits per heavy atom. The van der Waals surface area contributed by atoms with Crippen molar-refractivity contribution in [3.05, 3.63) is 17.0 Å². The highest BCUT2D eigenvalue weighted by molar-refractivity contribution is 5.93. The fourth-order valence-corrected chi connectivity index (χ4v) is 2.06. The van der Waals surface area contributed by atoms with E-state index in [0.717, 1.165) is 12.8 Å². The van der Waals surface area contributed by atoms with Crippen LogP contribution >= 0.6 is 0 Å². The summed E-state index contributed by atoms with van der Waals surface area (Å²) in [5, 5.41) is 4.26. The van der Waals surface area contributed by atoms with Gasteiger partial charge in [-0.2, -0.15) is 5.10 Å². The van der Waals surface area contributed by atoms with Gasteiger partial charge in [-0.3, -0.25) is 9.48 Å². The van der Waals surface area contributed by atoms with E-state index in [-0.39, 0.29) is 5.78 Å². The number of nitrogens with zero attached hydrogens (tertiary/aromatic N) is 2. The Morgan fingerprint density at radius 2 is 2.08 bits per heavy atom. The van der Waals surface area contributed by atoms with Gasteiger partial charge in [-0.15, -0.1) is 0 Å². The highest BCUT2D eigenvalue weighted by atomic mass is 16.1. The maximum atomic E-state index is 11.3. The molecule has 0 unspecified atom stereocenters. The summed E-state index contributed by atoms with van der Waals surface area (Å²) in [5.41, 5.74) is 3.15. The lowest BCUT2D eigenvalue weighted by molar-refractivity contribution is 0.101. The Hall–Kier alpha value is -1.12. The summed E-state index contributed by atoms with van der Waals surface area (Å²) in [6.45, 7) is 1.59. The first kappa shape index (κ1) is 8.48. The van der Waals surface area contributed by atoms with E-state index < -0.39 is 0 Å². The SMILES string of the molecule is CC(=O)c1nn(C)c2c1CCCC2. The molecule has 1 aliphatic rings. The number of ketones is 1.